The van der Waals surface area contributed by atoms with Crippen molar-refractivity contribution in [1.29, 1.82) is 5.26 Å². The molecular weight excluding hydrogens is 242 g/mol. The average Bonchev–Trinajstić information content (AvgIpc) is 2.31. The second kappa shape index (κ2) is 6.05. The minimum atomic E-state index is -2.76. The number of aromatic nitrogens is 1. The molecule has 0 N–H and O–H groups in total. The standard InChI is InChI=1S/C12H12F2N2O2/c1-3-18-11(17)5-9-7(2)4-8(12(13)14)10(6-15)16-9/h4,12H,3,5H2,1-2H3. The number of ether oxygens (including phenoxy) is 1. The van der Waals surface area contributed by atoms with E-state index in [0.717, 1.165) is 0 Å². The van der Waals surface area contributed by atoms with E-state index in [2.05, 4.69) is 4.98 Å². The number of nitriles is 1. The molecule has 0 unspecified atom stereocenters. The molecule has 0 aliphatic carbocycles. The van der Waals surface area contributed by atoms with Crippen molar-refractivity contribution in [3.05, 3.63) is 28.6 Å². The Morgan fingerprint density at radius 1 is 1.61 bits per heavy atom. The molecule has 0 saturated carbocycles. The van der Waals surface area contributed by atoms with Crippen LogP contribution in [0.4, 0.5) is 8.78 Å². The van der Waals surface area contributed by atoms with E-state index in [4.69, 9.17) is 10.00 Å². The first-order chi connectivity index (χ1) is 8.49. The molecule has 0 bridgehead atoms. The minimum Gasteiger partial charge on any atom is -0.466 e. The van der Waals surface area contributed by atoms with Gasteiger partial charge in [-0.05, 0) is 25.5 Å². The lowest BCUT2D eigenvalue weighted by molar-refractivity contribution is -0.142. The normalized spacial score (nSPS) is 10.2. The topological polar surface area (TPSA) is 63.0 Å². The summed E-state index contributed by atoms with van der Waals surface area (Å²) in [5, 5.41) is 8.76. The molecule has 0 atom stereocenters. The van der Waals surface area contributed by atoms with Crippen molar-refractivity contribution in [2.24, 2.45) is 0 Å². The fourth-order valence-corrected chi connectivity index (χ4v) is 1.46. The Labute approximate surface area is 103 Å². The van der Waals surface area contributed by atoms with Crippen LogP contribution in [0.2, 0.25) is 0 Å². The van der Waals surface area contributed by atoms with E-state index < -0.39 is 18.0 Å². The predicted molar refractivity (Wildman–Crippen MR) is 59.0 cm³/mol. The van der Waals surface area contributed by atoms with Crippen molar-refractivity contribution in [2.75, 3.05) is 6.61 Å². The van der Waals surface area contributed by atoms with E-state index in [0.29, 0.717) is 5.56 Å². The lowest BCUT2D eigenvalue weighted by Gasteiger charge is -2.09. The van der Waals surface area contributed by atoms with Gasteiger partial charge in [-0.2, -0.15) is 5.26 Å². The summed E-state index contributed by atoms with van der Waals surface area (Å²) in [5.74, 6) is -0.498. The van der Waals surface area contributed by atoms with Crippen LogP contribution in [0.3, 0.4) is 0 Å². The molecule has 1 heterocycles. The Balaban J connectivity index is 3.09. The zero-order valence-electron chi connectivity index (χ0n) is 10.0. The molecule has 1 aromatic heterocycles. The SMILES string of the molecule is CCOC(=O)Cc1nc(C#N)c(C(F)F)cc1C. The minimum absolute atomic E-state index is 0.127. The fraction of sp³-hybridized carbons (Fsp3) is 0.417. The summed E-state index contributed by atoms with van der Waals surface area (Å²) >= 11 is 0. The van der Waals surface area contributed by atoms with Crippen molar-refractivity contribution in [2.45, 2.75) is 26.7 Å². The second-order valence-corrected chi connectivity index (χ2v) is 3.58. The van der Waals surface area contributed by atoms with Crippen molar-refractivity contribution in [1.82, 2.24) is 4.98 Å². The van der Waals surface area contributed by atoms with E-state index >= 15 is 0 Å². The third-order valence-corrected chi connectivity index (χ3v) is 2.31. The molecule has 0 aliphatic heterocycles. The van der Waals surface area contributed by atoms with Gasteiger partial charge in [-0.1, -0.05) is 0 Å². The molecule has 0 spiro atoms. The molecule has 0 aliphatic rings. The predicted octanol–water partition coefficient (Wildman–Crippen LogP) is 2.30. The van der Waals surface area contributed by atoms with Crippen molar-refractivity contribution >= 4 is 5.97 Å². The van der Waals surface area contributed by atoms with Gasteiger partial charge in [0.25, 0.3) is 6.43 Å². The van der Waals surface area contributed by atoms with Gasteiger partial charge in [0.1, 0.15) is 11.8 Å². The first-order valence-electron chi connectivity index (χ1n) is 5.33. The molecule has 0 radical (unpaired) electrons. The Bertz CT molecular complexity index is 496. The van der Waals surface area contributed by atoms with Crippen LogP contribution in [-0.4, -0.2) is 17.6 Å². The van der Waals surface area contributed by atoms with Crippen LogP contribution >= 0.6 is 0 Å². The van der Waals surface area contributed by atoms with Gasteiger partial charge >= 0.3 is 5.97 Å². The molecule has 0 fully saturated rings. The zero-order valence-corrected chi connectivity index (χ0v) is 10.0. The maximum atomic E-state index is 12.6. The van der Waals surface area contributed by atoms with Crippen LogP contribution in [0.5, 0.6) is 0 Å². The molecule has 1 rings (SSSR count). The summed E-state index contributed by atoms with van der Waals surface area (Å²) < 4.78 is 30.0. The summed E-state index contributed by atoms with van der Waals surface area (Å²) in [6, 6.07) is 2.79. The largest absolute Gasteiger partial charge is 0.466 e. The number of carbonyl (C=O) groups is 1. The third-order valence-electron chi connectivity index (χ3n) is 2.31. The summed E-state index contributed by atoms with van der Waals surface area (Å²) in [4.78, 5) is 15.1. The van der Waals surface area contributed by atoms with Crippen LogP contribution in [0.25, 0.3) is 0 Å². The molecule has 0 aromatic carbocycles. The number of hydrogen-bond acceptors (Lipinski definition) is 4. The molecule has 18 heavy (non-hydrogen) atoms. The van der Waals surface area contributed by atoms with Crippen molar-refractivity contribution < 1.29 is 18.3 Å². The zero-order chi connectivity index (χ0) is 13.7. The number of nitrogens with zero attached hydrogens (tertiary/aromatic N) is 2. The summed E-state index contributed by atoms with van der Waals surface area (Å²) in [7, 11) is 0. The van der Waals surface area contributed by atoms with Gasteiger partial charge in [-0.15, -0.1) is 0 Å². The maximum absolute atomic E-state index is 12.6. The molecular formula is C12H12F2N2O2. The van der Waals surface area contributed by atoms with Crippen LogP contribution in [0.1, 0.15) is 35.9 Å². The number of pyridine rings is 1. The summed E-state index contributed by atoms with van der Waals surface area (Å²) in [6.07, 6.45) is -2.89. The van der Waals surface area contributed by atoms with Gasteiger partial charge in [0, 0.05) is 0 Å². The molecule has 0 saturated heterocycles. The molecule has 1 aromatic rings. The number of halogens is 2. The number of carbonyl (C=O) groups excluding carboxylic acids is 1. The van der Waals surface area contributed by atoms with Gasteiger partial charge < -0.3 is 4.74 Å². The Kier molecular flexibility index (Phi) is 4.72. The third kappa shape index (κ3) is 3.23. The lowest BCUT2D eigenvalue weighted by atomic mass is 10.1. The van der Waals surface area contributed by atoms with E-state index in [1.807, 2.05) is 0 Å². The van der Waals surface area contributed by atoms with E-state index in [9.17, 15) is 13.6 Å². The van der Waals surface area contributed by atoms with Crippen LogP contribution in [0, 0.1) is 18.3 Å². The molecule has 96 valence electrons. The highest BCUT2D eigenvalue weighted by Gasteiger charge is 2.18. The molecule has 4 nitrogen and oxygen atoms in total. The van der Waals surface area contributed by atoms with Gasteiger partial charge in [-0.3, -0.25) is 4.79 Å². The second-order valence-electron chi connectivity index (χ2n) is 3.58. The fourth-order valence-electron chi connectivity index (χ4n) is 1.46. The van der Waals surface area contributed by atoms with Crippen LogP contribution in [0.15, 0.2) is 6.07 Å². The van der Waals surface area contributed by atoms with Crippen molar-refractivity contribution in [3.8, 4) is 6.07 Å². The van der Waals surface area contributed by atoms with Crippen LogP contribution < -0.4 is 0 Å². The summed E-state index contributed by atoms with van der Waals surface area (Å²) in [5.41, 5.74) is -0.0377. The Morgan fingerprint density at radius 3 is 2.78 bits per heavy atom. The van der Waals surface area contributed by atoms with E-state index in [-0.39, 0.29) is 24.4 Å². The number of esters is 1. The highest BCUT2D eigenvalue weighted by atomic mass is 19.3. The highest BCUT2D eigenvalue weighted by Crippen LogP contribution is 2.23. The van der Waals surface area contributed by atoms with Gasteiger partial charge in [0.2, 0.25) is 0 Å². The molecule has 0 amide bonds. The summed E-state index contributed by atoms with van der Waals surface area (Å²) in [6.45, 7) is 3.46. The lowest BCUT2D eigenvalue weighted by Crippen LogP contribution is -2.11. The number of alkyl halides is 2. The quantitative estimate of drug-likeness (QED) is 0.773. The van der Waals surface area contributed by atoms with Crippen LogP contribution in [-0.2, 0) is 16.0 Å². The number of rotatable bonds is 4. The smallest absolute Gasteiger partial charge is 0.311 e. The first kappa shape index (κ1) is 14.0. The Hall–Kier alpha value is -2.03. The van der Waals surface area contributed by atoms with Crippen molar-refractivity contribution in [3.63, 3.8) is 0 Å². The number of hydrogen-bond donors (Lipinski definition) is 0. The van der Waals surface area contributed by atoms with Gasteiger partial charge in [0.05, 0.1) is 24.3 Å². The van der Waals surface area contributed by atoms with E-state index in [1.165, 1.54) is 6.07 Å². The monoisotopic (exact) mass is 254 g/mol. The Morgan fingerprint density at radius 2 is 2.28 bits per heavy atom. The molecule has 6 heteroatoms. The highest BCUT2D eigenvalue weighted by molar-refractivity contribution is 5.72. The maximum Gasteiger partial charge on any atom is 0.311 e. The number of aryl methyl sites for hydroxylation is 1. The van der Waals surface area contributed by atoms with Gasteiger partial charge in [-0.25, -0.2) is 13.8 Å². The first-order valence-corrected chi connectivity index (χ1v) is 5.33. The van der Waals surface area contributed by atoms with Gasteiger partial charge in [0.15, 0.2) is 0 Å². The van der Waals surface area contributed by atoms with E-state index in [1.54, 1.807) is 19.9 Å². The average molecular weight is 254 g/mol.